The van der Waals surface area contributed by atoms with Gasteiger partial charge in [-0.2, -0.15) is 0 Å². The van der Waals surface area contributed by atoms with E-state index in [0.717, 1.165) is 36.0 Å². The van der Waals surface area contributed by atoms with Crippen molar-refractivity contribution < 1.29 is 8.42 Å². The average Bonchev–Trinajstić information content (AvgIpc) is 2.98. The molecule has 0 unspecified atom stereocenters. The number of para-hydroxylation sites is 2. The van der Waals surface area contributed by atoms with E-state index in [1.807, 2.05) is 54.9 Å². The van der Waals surface area contributed by atoms with Crippen LogP contribution >= 0.6 is 0 Å². The number of rotatable bonds is 8. The van der Waals surface area contributed by atoms with Gasteiger partial charge >= 0.3 is 0 Å². The molecule has 0 amide bonds. The quantitative estimate of drug-likeness (QED) is 0.585. The number of aryl methyl sites for hydroxylation is 1. The molecule has 1 aromatic heterocycles. The summed E-state index contributed by atoms with van der Waals surface area (Å²) in [6.07, 6.45) is 4.43. The fourth-order valence-corrected chi connectivity index (χ4v) is 4.36. The lowest BCUT2D eigenvalue weighted by Crippen LogP contribution is -2.09. The molecule has 1 heterocycles. The number of hydrogen-bond acceptors (Lipinski definition) is 3. The van der Waals surface area contributed by atoms with Crippen LogP contribution in [0.4, 0.5) is 0 Å². The molecule has 3 aromatic rings. The molecular formula is C19H22N2O2S. The molecule has 2 aromatic carbocycles. The Bertz CT molecular complexity index is 886. The summed E-state index contributed by atoms with van der Waals surface area (Å²) >= 11 is 0. The molecule has 0 bridgehead atoms. The van der Waals surface area contributed by atoms with Crippen molar-refractivity contribution in [1.82, 2.24) is 9.55 Å². The van der Waals surface area contributed by atoms with Gasteiger partial charge in [-0.25, -0.2) is 13.4 Å². The van der Waals surface area contributed by atoms with Crippen molar-refractivity contribution in [1.29, 1.82) is 0 Å². The molecule has 0 radical (unpaired) electrons. The molecule has 0 aliphatic carbocycles. The third-order valence-corrected chi connectivity index (χ3v) is 5.79. The van der Waals surface area contributed by atoms with Gasteiger partial charge in [-0.1, -0.05) is 48.9 Å². The fraction of sp³-hybridized carbons (Fsp3) is 0.316. The molecule has 0 atom stereocenters. The lowest BCUT2D eigenvalue weighted by Gasteiger charge is -2.06. The van der Waals surface area contributed by atoms with Gasteiger partial charge in [0.05, 0.1) is 28.9 Å². The first-order chi connectivity index (χ1) is 11.6. The minimum absolute atomic E-state index is 0.139. The minimum atomic E-state index is -3.02. The Hall–Kier alpha value is -2.14. The second-order valence-electron chi connectivity index (χ2n) is 6.06. The Balaban J connectivity index is 1.44. The van der Waals surface area contributed by atoms with E-state index in [0.29, 0.717) is 6.42 Å². The van der Waals surface area contributed by atoms with E-state index >= 15 is 0 Å². The van der Waals surface area contributed by atoms with Gasteiger partial charge in [0.15, 0.2) is 9.84 Å². The summed E-state index contributed by atoms with van der Waals surface area (Å²) in [7, 11) is -3.02. The van der Waals surface area contributed by atoms with Crippen molar-refractivity contribution in [3.63, 3.8) is 0 Å². The zero-order chi connectivity index (χ0) is 16.8. The molecular weight excluding hydrogens is 320 g/mol. The number of nitrogens with zero attached hydrogens (tertiary/aromatic N) is 2. The lowest BCUT2D eigenvalue weighted by atomic mass is 10.2. The third kappa shape index (κ3) is 4.45. The predicted molar refractivity (Wildman–Crippen MR) is 97.5 cm³/mol. The first kappa shape index (κ1) is 16.7. The van der Waals surface area contributed by atoms with Crippen LogP contribution in [0.1, 0.15) is 24.8 Å². The van der Waals surface area contributed by atoms with Crippen LogP contribution < -0.4 is 0 Å². The van der Waals surface area contributed by atoms with Gasteiger partial charge in [0.2, 0.25) is 0 Å². The van der Waals surface area contributed by atoms with Crippen molar-refractivity contribution in [3.8, 4) is 0 Å². The van der Waals surface area contributed by atoms with Gasteiger partial charge in [0.25, 0.3) is 0 Å². The van der Waals surface area contributed by atoms with Crippen LogP contribution in [0.15, 0.2) is 60.9 Å². The summed E-state index contributed by atoms with van der Waals surface area (Å²) in [6.45, 7) is 0.874. The number of unbranched alkanes of at least 4 members (excludes halogenated alkanes) is 2. The Morgan fingerprint density at radius 3 is 2.46 bits per heavy atom. The second kappa shape index (κ2) is 7.62. The largest absolute Gasteiger partial charge is 0.331 e. The van der Waals surface area contributed by atoms with E-state index in [4.69, 9.17) is 0 Å². The lowest BCUT2D eigenvalue weighted by molar-refractivity contribution is 0.580. The first-order valence-electron chi connectivity index (χ1n) is 8.28. The topological polar surface area (TPSA) is 52.0 Å². The number of benzene rings is 2. The Morgan fingerprint density at radius 2 is 1.62 bits per heavy atom. The van der Waals surface area contributed by atoms with Gasteiger partial charge in [-0.3, -0.25) is 0 Å². The minimum Gasteiger partial charge on any atom is -0.331 e. The summed E-state index contributed by atoms with van der Waals surface area (Å²) in [5.41, 5.74) is 3.00. The highest BCUT2D eigenvalue weighted by molar-refractivity contribution is 7.90. The molecule has 0 aliphatic heterocycles. The highest BCUT2D eigenvalue weighted by atomic mass is 32.2. The van der Waals surface area contributed by atoms with Crippen molar-refractivity contribution in [3.05, 3.63) is 66.5 Å². The van der Waals surface area contributed by atoms with Crippen LogP contribution in [0.2, 0.25) is 0 Å². The molecule has 3 rings (SSSR count). The number of fused-ring (bicyclic) bond motifs is 1. The Kier molecular flexibility index (Phi) is 5.30. The molecule has 4 nitrogen and oxygen atoms in total. The normalized spacial score (nSPS) is 11.8. The van der Waals surface area contributed by atoms with Crippen LogP contribution in [0.3, 0.4) is 0 Å². The zero-order valence-corrected chi connectivity index (χ0v) is 14.5. The summed E-state index contributed by atoms with van der Waals surface area (Å²) in [4.78, 5) is 4.37. The number of imidazole rings is 1. The van der Waals surface area contributed by atoms with E-state index < -0.39 is 9.84 Å². The van der Waals surface area contributed by atoms with E-state index in [1.165, 1.54) is 0 Å². The highest BCUT2D eigenvalue weighted by Gasteiger charge is 2.11. The number of hydrogen-bond donors (Lipinski definition) is 0. The molecule has 5 heteroatoms. The van der Waals surface area contributed by atoms with Gasteiger partial charge < -0.3 is 4.57 Å². The maximum Gasteiger partial charge on any atom is 0.154 e. The third-order valence-electron chi connectivity index (χ3n) is 4.11. The van der Waals surface area contributed by atoms with E-state index in [1.54, 1.807) is 0 Å². The SMILES string of the molecule is O=S(=O)(CCCCCn1cnc2ccccc21)Cc1ccccc1. The molecule has 0 saturated heterocycles. The zero-order valence-electron chi connectivity index (χ0n) is 13.6. The van der Waals surface area contributed by atoms with Crippen LogP contribution in [0.5, 0.6) is 0 Å². The Morgan fingerprint density at radius 1 is 0.875 bits per heavy atom. The molecule has 0 N–H and O–H groups in total. The van der Waals surface area contributed by atoms with Crippen LogP contribution in [0.25, 0.3) is 11.0 Å². The summed E-state index contributed by atoms with van der Waals surface area (Å²) in [5, 5.41) is 0. The molecule has 126 valence electrons. The fourth-order valence-electron chi connectivity index (χ4n) is 2.87. The number of aromatic nitrogens is 2. The van der Waals surface area contributed by atoms with Crippen molar-refractivity contribution >= 4 is 20.9 Å². The van der Waals surface area contributed by atoms with Crippen LogP contribution in [-0.2, 0) is 22.1 Å². The van der Waals surface area contributed by atoms with E-state index in [2.05, 4.69) is 15.6 Å². The van der Waals surface area contributed by atoms with Gasteiger partial charge in [-0.05, 0) is 30.5 Å². The first-order valence-corrected chi connectivity index (χ1v) is 10.1. The molecule has 0 aliphatic rings. The van der Waals surface area contributed by atoms with Crippen molar-refractivity contribution in [2.45, 2.75) is 31.6 Å². The van der Waals surface area contributed by atoms with Gasteiger partial charge in [0, 0.05) is 6.54 Å². The van der Waals surface area contributed by atoms with E-state index in [9.17, 15) is 8.42 Å². The summed E-state index contributed by atoms with van der Waals surface area (Å²) in [6, 6.07) is 17.4. The second-order valence-corrected chi connectivity index (χ2v) is 8.25. The smallest absolute Gasteiger partial charge is 0.154 e. The maximum atomic E-state index is 12.2. The van der Waals surface area contributed by atoms with Crippen molar-refractivity contribution in [2.75, 3.05) is 5.75 Å². The molecule has 0 saturated carbocycles. The maximum absolute atomic E-state index is 12.2. The molecule has 24 heavy (non-hydrogen) atoms. The van der Waals surface area contributed by atoms with Crippen molar-refractivity contribution in [2.24, 2.45) is 0 Å². The Labute approximate surface area is 143 Å². The average molecular weight is 342 g/mol. The van der Waals surface area contributed by atoms with Gasteiger partial charge in [-0.15, -0.1) is 0 Å². The van der Waals surface area contributed by atoms with Gasteiger partial charge in [0.1, 0.15) is 0 Å². The van der Waals surface area contributed by atoms with Crippen LogP contribution in [0, 0.1) is 0 Å². The van der Waals surface area contributed by atoms with Crippen LogP contribution in [-0.4, -0.2) is 23.7 Å². The number of sulfone groups is 1. The summed E-state index contributed by atoms with van der Waals surface area (Å²) in [5.74, 6) is 0.395. The monoisotopic (exact) mass is 342 g/mol. The standard InChI is InChI=1S/C19H22N2O2S/c22-24(23,15-17-9-3-1-4-10-17)14-8-2-7-13-21-16-20-18-11-5-6-12-19(18)21/h1,3-6,9-12,16H,2,7-8,13-15H2. The summed E-state index contributed by atoms with van der Waals surface area (Å²) < 4.78 is 26.4. The predicted octanol–water partition coefficient (Wildman–Crippen LogP) is 3.82. The molecule has 0 fully saturated rings. The molecule has 0 spiro atoms. The highest BCUT2D eigenvalue weighted by Crippen LogP contribution is 2.14. The van der Waals surface area contributed by atoms with E-state index in [-0.39, 0.29) is 11.5 Å².